The van der Waals surface area contributed by atoms with Crippen LogP contribution in [0.15, 0.2) is 0 Å². The van der Waals surface area contributed by atoms with Crippen molar-refractivity contribution in [3.63, 3.8) is 0 Å². The van der Waals surface area contributed by atoms with Crippen molar-refractivity contribution in [3.8, 4) is 0 Å². The lowest BCUT2D eigenvalue weighted by molar-refractivity contribution is -0.397. The minimum absolute atomic E-state index is 0.814. The fourth-order valence-electron chi connectivity index (χ4n) is 14.0. The third-order valence-corrected chi connectivity index (χ3v) is 20.0. The van der Waals surface area contributed by atoms with E-state index >= 15 is 0 Å². The standard InChI is InChI=1S/C62H106N4O46/c1-15(75)63-19(5-67)32(80)49(20(79)6-68)107-56-30(65-17(3)77)41(89)51(26(12-74)103-56)109-61-48(96)53(38(86)28(106-61)14-98-59-47(95)52(110-60-46(94)43(91)35(83)23(9-71)101-60)37(85)27(105-59)13-97-58-45(93)42(90)34(82)22(8-70)100-58)111-62-54(44(92)36(84)24(10-72)102-62)112-57-31(66-18(4)78)40(88)50(25(11-73)104-57)108-55-29(64-16(2)76)39(87)33(81)21(7-69)99-55/h19-62,67-74,79-96H,5-14H2,1-4H3,(H,63,75)(H,64,76)(H,65,77)(H,66,78)/t19-,20+,21+,22+,23+,24+,25+,26+,27+,28+,29+,30+,31+,32+,33-,34+,35+,36+,37+,38+,39+,40+,41+,42-,43-,44-,45-,46-,47-,48-,49+,50+,51+,52-,53-,54-,55-,56-,57-,58-,59-,60+,61-,62+/m0/s1. The first-order chi connectivity index (χ1) is 52.9. The molecule has 0 spiro atoms. The van der Waals surface area contributed by atoms with Gasteiger partial charge in [-0.2, -0.15) is 0 Å². The van der Waals surface area contributed by atoms with Crippen LogP contribution in [0.1, 0.15) is 27.7 Å². The summed E-state index contributed by atoms with van der Waals surface area (Å²) >= 11 is 0. The van der Waals surface area contributed by atoms with Crippen LogP contribution in [0.3, 0.4) is 0 Å². The first-order valence-corrected chi connectivity index (χ1v) is 35.5. The molecule has 8 aliphatic rings. The van der Waals surface area contributed by atoms with Gasteiger partial charge in [-0.1, -0.05) is 0 Å². The molecular weight excluding hydrogens is 1540 g/mol. The van der Waals surface area contributed by atoms with E-state index in [0.29, 0.717) is 0 Å². The van der Waals surface area contributed by atoms with Crippen molar-refractivity contribution >= 4 is 23.6 Å². The van der Waals surface area contributed by atoms with Gasteiger partial charge >= 0.3 is 0 Å². The van der Waals surface area contributed by atoms with Gasteiger partial charge in [0.05, 0.1) is 72.1 Å². The van der Waals surface area contributed by atoms with Crippen LogP contribution in [0, 0.1) is 0 Å². The van der Waals surface area contributed by atoms with Crippen molar-refractivity contribution in [3.05, 3.63) is 0 Å². The molecule has 0 radical (unpaired) electrons. The van der Waals surface area contributed by atoms with E-state index in [1.807, 2.05) is 0 Å². The summed E-state index contributed by atoms with van der Waals surface area (Å²) in [6.07, 6.45) is -84.9. The Balaban J connectivity index is 1.16. The molecule has 0 aromatic carbocycles. The lowest BCUT2D eigenvalue weighted by Gasteiger charge is -2.51. The van der Waals surface area contributed by atoms with E-state index in [9.17, 15) is 152 Å². The fraction of sp³-hybridized carbons (Fsp3) is 0.935. The van der Waals surface area contributed by atoms with Crippen LogP contribution in [-0.2, 0) is 95.0 Å². The number of ether oxygens (including phenoxy) is 16. The molecule has 50 heteroatoms. The molecule has 30 N–H and O–H groups in total. The van der Waals surface area contributed by atoms with Crippen molar-refractivity contribution in [2.75, 3.05) is 66.1 Å². The Bertz CT molecular complexity index is 2920. The number of hydrogen-bond donors (Lipinski definition) is 30. The number of carbonyl (C=O) groups is 4. The van der Waals surface area contributed by atoms with Crippen molar-refractivity contribution in [1.29, 1.82) is 0 Å². The molecule has 650 valence electrons. The Morgan fingerprint density at radius 1 is 0.304 bits per heavy atom. The summed E-state index contributed by atoms with van der Waals surface area (Å²) < 4.78 is 94.4. The zero-order valence-corrected chi connectivity index (χ0v) is 60.3. The number of aliphatic hydroxyl groups is 26. The van der Waals surface area contributed by atoms with Crippen LogP contribution in [0.5, 0.6) is 0 Å². The molecule has 4 amide bonds. The largest absolute Gasteiger partial charge is 0.394 e. The zero-order valence-electron chi connectivity index (χ0n) is 60.3. The summed E-state index contributed by atoms with van der Waals surface area (Å²) in [4.78, 5) is 50.4. The number of nitrogens with one attached hydrogen (secondary N) is 4. The molecule has 44 atom stereocenters. The van der Waals surface area contributed by atoms with E-state index in [1.54, 1.807) is 0 Å². The highest BCUT2D eigenvalue weighted by Gasteiger charge is 2.60. The van der Waals surface area contributed by atoms with Gasteiger partial charge in [0.1, 0.15) is 213 Å². The molecular formula is C62H106N4O46. The van der Waals surface area contributed by atoms with Gasteiger partial charge in [0.2, 0.25) is 23.6 Å². The van der Waals surface area contributed by atoms with E-state index < -0.39 is 360 Å². The van der Waals surface area contributed by atoms with Crippen molar-refractivity contribution < 1.29 is 228 Å². The van der Waals surface area contributed by atoms with E-state index in [2.05, 4.69) is 21.3 Å². The minimum atomic E-state index is -2.60. The third kappa shape index (κ3) is 21.4. The normalized spacial score (nSPS) is 45.9. The first kappa shape index (κ1) is 93.7. The maximum Gasteiger partial charge on any atom is 0.217 e. The number of amides is 4. The van der Waals surface area contributed by atoms with Crippen LogP contribution < -0.4 is 21.3 Å². The maximum atomic E-state index is 13.0. The lowest BCUT2D eigenvalue weighted by atomic mass is 9.94. The van der Waals surface area contributed by atoms with E-state index in [1.165, 1.54) is 0 Å². The molecule has 50 nitrogen and oxygen atoms in total. The quantitative estimate of drug-likeness (QED) is 0.0290. The van der Waals surface area contributed by atoms with Gasteiger partial charge in [0, 0.05) is 27.7 Å². The number of hydrogen-bond acceptors (Lipinski definition) is 46. The molecule has 0 unspecified atom stereocenters. The van der Waals surface area contributed by atoms with Crippen LogP contribution in [0.2, 0.25) is 0 Å². The molecule has 8 saturated heterocycles. The number of rotatable bonds is 33. The monoisotopic (exact) mass is 1640 g/mol. The summed E-state index contributed by atoms with van der Waals surface area (Å²) in [5.41, 5.74) is 0. The van der Waals surface area contributed by atoms with Crippen LogP contribution in [0.25, 0.3) is 0 Å². The van der Waals surface area contributed by atoms with Crippen LogP contribution >= 0.6 is 0 Å². The summed E-state index contributed by atoms with van der Waals surface area (Å²) in [5.74, 6) is -3.58. The highest BCUT2D eigenvalue weighted by atomic mass is 16.8. The summed E-state index contributed by atoms with van der Waals surface area (Å²) in [7, 11) is 0. The molecule has 0 aliphatic carbocycles. The highest BCUT2D eigenvalue weighted by Crippen LogP contribution is 2.39. The predicted molar refractivity (Wildman–Crippen MR) is 346 cm³/mol. The Labute approximate surface area is 634 Å². The molecule has 0 bridgehead atoms. The second kappa shape index (κ2) is 41.7. The van der Waals surface area contributed by atoms with Crippen LogP contribution in [0.4, 0.5) is 0 Å². The molecule has 8 heterocycles. The predicted octanol–water partition coefficient (Wildman–Crippen LogP) is -20.4. The average Bonchev–Trinajstić information content (AvgIpc) is 0.774. The molecule has 8 rings (SSSR count). The van der Waals surface area contributed by atoms with Crippen molar-refractivity contribution in [2.24, 2.45) is 0 Å². The molecule has 0 aromatic rings. The summed E-state index contributed by atoms with van der Waals surface area (Å²) in [5, 5.41) is 297. The SMILES string of the molecule is CC(=O)N[C@H]1[C@H](O[C@@H]([C@H](O)[C@H](CO)NC(C)=O)[C@H](O)CO)O[C@H](CO)[C@@H](O[C@@H]2O[C@H](CO[C@H]3O[C@H](CO[C@H]4O[C@H](CO)[C@@H](O)[C@H](O)[C@@H]4O)[C@@H](O)[C@H](O[C@H]4O[C@H](CO)[C@@H](O)[C@H](O)[C@@H]4O)[C@@H]3O)[C@@H](O)[C@H](O[C@H]3O[C@H](CO)[C@@H](O)[C@H](O)[C@@H]3O[C@@H]3O[C@H](CO)[C@@H](O[C@@H]4O[C@H](CO)[C@H](O)[C@H](O)[C@H]4NC(C)=O)[C@H](O)[C@H]3NC(C)=O)[C@@H]2O)[C@@H]1O. The number of aliphatic hydroxyl groups excluding tert-OH is 26. The second-order valence-electron chi connectivity index (χ2n) is 28.0. The van der Waals surface area contributed by atoms with Gasteiger partial charge < -0.3 is 230 Å². The summed E-state index contributed by atoms with van der Waals surface area (Å²) in [6, 6.07) is -7.28. The van der Waals surface area contributed by atoms with Crippen LogP contribution in [-0.4, -0.2) is 492 Å². The van der Waals surface area contributed by atoms with Gasteiger partial charge in [-0.15, -0.1) is 0 Å². The Morgan fingerprint density at radius 3 is 1.07 bits per heavy atom. The van der Waals surface area contributed by atoms with Gasteiger partial charge in [-0.3, -0.25) is 19.2 Å². The van der Waals surface area contributed by atoms with Crippen molar-refractivity contribution in [1.82, 2.24) is 21.3 Å². The second-order valence-corrected chi connectivity index (χ2v) is 28.0. The average molecular weight is 1640 g/mol. The van der Waals surface area contributed by atoms with E-state index in [0.717, 1.165) is 27.7 Å². The Kier molecular flexibility index (Phi) is 34.9. The number of carbonyl (C=O) groups excluding carboxylic acids is 4. The Hall–Kier alpha value is -3.80. The molecule has 112 heavy (non-hydrogen) atoms. The van der Waals surface area contributed by atoms with Gasteiger partial charge in [-0.05, 0) is 0 Å². The smallest absolute Gasteiger partial charge is 0.217 e. The lowest BCUT2D eigenvalue weighted by Crippen LogP contribution is -2.71. The van der Waals surface area contributed by atoms with Gasteiger partial charge in [0.25, 0.3) is 0 Å². The first-order valence-electron chi connectivity index (χ1n) is 35.5. The maximum absolute atomic E-state index is 13.0. The molecule has 8 fully saturated rings. The minimum Gasteiger partial charge on any atom is -0.394 e. The third-order valence-electron chi connectivity index (χ3n) is 20.0. The van der Waals surface area contributed by atoms with Gasteiger partial charge in [-0.25, -0.2) is 0 Å². The molecule has 8 aliphatic heterocycles. The highest BCUT2D eigenvalue weighted by molar-refractivity contribution is 5.74. The van der Waals surface area contributed by atoms with E-state index in [4.69, 9.17) is 75.8 Å². The Morgan fingerprint density at radius 2 is 0.625 bits per heavy atom. The molecule has 0 saturated carbocycles. The summed E-state index contributed by atoms with van der Waals surface area (Å²) in [6.45, 7) is -7.16. The molecule has 0 aromatic heterocycles. The zero-order chi connectivity index (χ0) is 82.9. The van der Waals surface area contributed by atoms with Gasteiger partial charge in [0.15, 0.2) is 50.3 Å². The van der Waals surface area contributed by atoms with E-state index in [-0.39, 0.29) is 0 Å². The topological polar surface area (TPSA) is 790 Å². The van der Waals surface area contributed by atoms with Crippen molar-refractivity contribution in [2.45, 2.75) is 298 Å². The fourth-order valence-corrected chi connectivity index (χ4v) is 14.0.